The molecular formula is C19H21FN2O4. The van der Waals surface area contributed by atoms with Crippen LogP contribution in [0.25, 0.3) is 0 Å². The molecule has 0 aliphatic carbocycles. The first-order valence-electron chi connectivity index (χ1n) is 8.13. The molecule has 2 aromatic carbocycles. The fraction of sp³-hybridized carbons (Fsp3) is 0.263. The van der Waals surface area contributed by atoms with Crippen LogP contribution < -0.4 is 19.6 Å². The first-order chi connectivity index (χ1) is 12.6. The Balaban J connectivity index is 1.87. The summed E-state index contributed by atoms with van der Waals surface area (Å²) in [5.74, 6) is 0.627. The molecule has 138 valence electrons. The summed E-state index contributed by atoms with van der Waals surface area (Å²) >= 11 is 0. The normalized spacial score (nSPS) is 10.6. The standard InChI is InChI=1S/C19H21FN2O4/c1-3-9-25-18-10-14(7-8-17(18)24-2)12-21-22-19(23)13-26-16-6-4-5-15(20)11-16/h4-8,10-12H,3,9,13H2,1-2H3,(H,22,23)/b21-12-. The van der Waals surface area contributed by atoms with Crippen molar-refractivity contribution in [1.82, 2.24) is 5.43 Å². The molecule has 0 aromatic heterocycles. The van der Waals surface area contributed by atoms with Crippen LogP contribution in [0.3, 0.4) is 0 Å². The van der Waals surface area contributed by atoms with Gasteiger partial charge in [-0.2, -0.15) is 5.10 Å². The fourth-order valence-electron chi connectivity index (χ4n) is 2.02. The summed E-state index contributed by atoms with van der Waals surface area (Å²) in [5.41, 5.74) is 3.09. The van der Waals surface area contributed by atoms with Gasteiger partial charge in [-0.3, -0.25) is 4.79 Å². The largest absolute Gasteiger partial charge is 0.493 e. The maximum atomic E-state index is 13.0. The van der Waals surface area contributed by atoms with Crippen molar-refractivity contribution in [3.05, 3.63) is 53.8 Å². The summed E-state index contributed by atoms with van der Waals surface area (Å²) < 4.78 is 29.1. The number of nitrogens with one attached hydrogen (secondary N) is 1. The molecular weight excluding hydrogens is 339 g/mol. The molecule has 7 heteroatoms. The number of halogens is 1. The highest BCUT2D eigenvalue weighted by atomic mass is 19.1. The first-order valence-corrected chi connectivity index (χ1v) is 8.13. The van der Waals surface area contributed by atoms with Gasteiger partial charge in [0.15, 0.2) is 18.1 Å². The highest BCUT2D eigenvalue weighted by Crippen LogP contribution is 2.27. The van der Waals surface area contributed by atoms with Gasteiger partial charge in [0.05, 0.1) is 19.9 Å². The predicted molar refractivity (Wildman–Crippen MR) is 96.4 cm³/mol. The third kappa shape index (κ3) is 6.08. The van der Waals surface area contributed by atoms with Crippen molar-refractivity contribution in [2.45, 2.75) is 13.3 Å². The molecule has 0 aliphatic rings. The number of amides is 1. The number of hydrogen-bond acceptors (Lipinski definition) is 5. The Hall–Kier alpha value is -3.09. The fourth-order valence-corrected chi connectivity index (χ4v) is 2.02. The Kier molecular flexibility index (Phi) is 7.42. The van der Waals surface area contributed by atoms with Crippen molar-refractivity contribution in [3.8, 4) is 17.2 Å². The topological polar surface area (TPSA) is 69.2 Å². The van der Waals surface area contributed by atoms with E-state index in [-0.39, 0.29) is 12.4 Å². The van der Waals surface area contributed by atoms with Crippen LogP contribution in [0.2, 0.25) is 0 Å². The minimum atomic E-state index is -0.457. The van der Waals surface area contributed by atoms with E-state index in [1.807, 2.05) is 6.92 Å². The lowest BCUT2D eigenvalue weighted by Gasteiger charge is -2.10. The average Bonchev–Trinajstić information content (AvgIpc) is 2.65. The van der Waals surface area contributed by atoms with E-state index < -0.39 is 11.7 Å². The quantitative estimate of drug-likeness (QED) is 0.551. The van der Waals surface area contributed by atoms with Crippen LogP contribution in [0.5, 0.6) is 17.2 Å². The second-order valence-electron chi connectivity index (χ2n) is 5.30. The van der Waals surface area contributed by atoms with Crippen molar-refractivity contribution >= 4 is 12.1 Å². The van der Waals surface area contributed by atoms with Gasteiger partial charge in [0.1, 0.15) is 11.6 Å². The zero-order valence-electron chi connectivity index (χ0n) is 14.7. The van der Waals surface area contributed by atoms with Crippen LogP contribution >= 0.6 is 0 Å². The highest BCUT2D eigenvalue weighted by Gasteiger charge is 2.05. The van der Waals surface area contributed by atoms with Gasteiger partial charge in [0.25, 0.3) is 5.91 Å². The summed E-state index contributed by atoms with van der Waals surface area (Å²) in [7, 11) is 1.57. The molecule has 2 rings (SSSR count). The zero-order chi connectivity index (χ0) is 18.8. The van der Waals surface area contributed by atoms with Gasteiger partial charge < -0.3 is 14.2 Å². The number of carbonyl (C=O) groups excluding carboxylic acids is 1. The smallest absolute Gasteiger partial charge is 0.277 e. The summed E-state index contributed by atoms with van der Waals surface area (Å²) in [6, 6.07) is 10.9. The van der Waals surface area contributed by atoms with Crippen LogP contribution in [0.15, 0.2) is 47.6 Å². The predicted octanol–water partition coefficient (Wildman–Crippen LogP) is 3.15. The molecule has 0 aliphatic heterocycles. The molecule has 0 saturated heterocycles. The lowest BCUT2D eigenvalue weighted by Crippen LogP contribution is -2.24. The van der Waals surface area contributed by atoms with E-state index in [2.05, 4.69) is 10.5 Å². The summed E-state index contributed by atoms with van der Waals surface area (Å²) in [6.07, 6.45) is 2.36. The molecule has 0 saturated carbocycles. The third-order valence-electron chi connectivity index (χ3n) is 3.22. The molecule has 0 unspecified atom stereocenters. The van der Waals surface area contributed by atoms with Gasteiger partial charge in [-0.1, -0.05) is 13.0 Å². The molecule has 26 heavy (non-hydrogen) atoms. The highest BCUT2D eigenvalue weighted by molar-refractivity contribution is 5.83. The summed E-state index contributed by atoms with van der Waals surface area (Å²) in [5, 5.41) is 3.87. The van der Waals surface area contributed by atoms with E-state index in [4.69, 9.17) is 14.2 Å². The summed E-state index contributed by atoms with van der Waals surface area (Å²) in [6.45, 7) is 2.32. The molecule has 0 bridgehead atoms. The lowest BCUT2D eigenvalue weighted by molar-refractivity contribution is -0.123. The van der Waals surface area contributed by atoms with Gasteiger partial charge in [-0.25, -0.2) is 9.82 Å². The van der Waals surface area contributed by atoms with E-state index in [1.54, 1.807) is 31.4 Å². The molecule has 1 amide bonds. The SMILES string of the molecule is CCCOc1cc(/C=N\NC(=O)COc2cccc(F)c2)ccc1OC. The maximum Gasteiger partial charge on any atom is 0.277 e. The summed E-state index contributed by atoms with van der Waals surface area (Å²) in [4.78, 5) is 11.7. The Bertz CT molecular complexity index is 765. The molecule has 0 fully saturated rings. The van der Waals surface area contributed by atoms with Crippen LogP contribution in [-0.2, 0) is 4.79 Å². The molecule has 0 heterocycles. The number of carbonyl (C=O) groups is 1. The lowest BCUT2D eigenvalue weighted by atomic mass is 10.2. The van der Waals surface area contributed by atoms with Crippen LogP contribution in [-0.4, -0.2) is 32.4 Å². The number of hydrogen-bond donors (Lipinski definition) is 1. The molecule has 6 nitrogen and oxygen atoms in total. The van der Waals surface area contributed by atoms with Crippen LogP contribution in [0, 0.1) is 5.82 Å². The van der Waals surface area contributed by atoms with Crippen molar-refractivity contribution in [2.75, 3.05) is 20.3 Å². The minimum Gasteiger partial charge on any atom is -0.493 e. The van der Waals surface area contributed by atoms with E-state index in [1.165, 1.54) is 24.4 Å². The van der Waals surface area contributed by atoms with Crippen molar-refractivity contribution in [1.29, 1.82) is 0 Å². The third-order valence-corrected chi connectivity index (χ3v) is 3.22. The van der Waals surface area contributed by atoms with Crippen molar-refractivity contribution in [3.63, 3.8) is 0 Å². The van der Waals surface area contributed by atoms with Gasteiger partial charge in [-0.15, -0.1) is 0 Å². The van der Waals surface area contributed by atoms with Gasteiger partial charge in [-0.05, 0) is 42.3 Å². The van der Waals surface area contributed by atoms with E-state index in [0.717, 1.165) is 12.0 Å². The molecule has 0 spiro atoms. The Morgan fingerprint density at radius 2 is 2.04 bits per heavy atom. The number of hydrazone groups is 1. The Morgan fingerprint density at radius 1 is 1.19 bits per heavy atom. The number of methoxy groups -OCH3 is 1. The average molecular weight is 360 g/mol. The Labute approximate surface area is 151 Å². The van der Waals surface area contributed by atoms with Crippen molar-refractivity contribution in [2.24, 2.45) is 5.10 Å². The molecule has 1 N–H and O–H groups in total. The molecule has 0 atom stereocenters. The second-order valence-corrected chi connectivity index (χ2v) is 5.30. The number of rotatable bonds is 9. The van der Waals surface area contributed by atoms with Crippen molar-refractivity contribution < 1.29 is 23.4 Å². The zero-order valence-corrected chi connectivity index (χ0v) is 14.7. The van der Waals surface area contributed by atoms with E-state index >= 15 is 0 Å². The van der Waals surface area contributed by atoms with Crippen LogP contribution in [0.4, 0.5) is 4.39 Å². The Morgan fingerprint density at radius 3 is 2.77 bits per heavy atom. The van der Waals surface area contributed by atoms with Gasteiger partial charge in [0, 0.05) is 6.07 Å². The molecule has 0 radical (unpaired) electrons. The van der Waals surface area contributed by atoms with Crippen LogP contribution in [0.1, 0.15) is 18.9 Å². The minimum absolute atomic E-state index is 0.270. The molecule has 2 aromatic rings. The van der Waals surface area contributed by atoms with Gasteiger partial charge in [0.2, 0.25) is 0 Å². The number of nitrogens with zero attached hydrogens (tertiary/aromatic N) is 1. The first kappa shape index (κ1) is 19.2. The monoisotopic (exact) mass is 360 g/mol. The van der Waals surface area contributed by atoms with E-state index in [0.29, 0.717) is 18.1 Å². The van der Waals surface area contributed by atoms with Gasteiger partial charge >= 0.3 is 0 Å². The second kappa shape index (κ2) is 10.0. The number of benzene rings is 2. The number of ether oxygens (including phenoxy) is 3. The maximum absolute atomic E-state index is 13.0. The van der Waals surface area contributed by atoms with E-state index in [9.17, 15) is 9.18 Å².